The van der Waals surface area contributed by atoms with E-state index in [2.05, 4.69) is 5.32 Å². The average molecular weight is 302 g/mol. The molecule has 0 heterocycles. The summed E-state index contributed by atoms with van der Waals surface area (Å²) >= 11 is 5.93. The van der Waals surface area contributed by atoms with Gasteiger partial charge in [-0.2, -0.15) is 0 Å². The number of hydrogen-bond donors (Lipinski definition) is 2. The SMILES string of the molecule is O=C(O)C(Nc1cccc(Cl)c1)c1ccc(C2CC2)cc1. The maximum Gasteiger partial charge on any atom is 0.330 e. The summed E-state index contributed by atoms with van der Waals surface area (Å²) in [6.45, 7) is 0. The van der Waals surface area contributed by atoms with Crippen LogP contribution >= 0.6 is 11.6 Å². The number of anilines is 1. The van der Waals surface area contributed by atoms with E-state index in [0.717, 1.165) is 5.56 Å². The second-order valence-corrected chi connectivity index (χ2v) is 5.80. The van der Waals surface area contributed by atoms with Gasteiger partial charge in [0.25, 0.3) is 0 Å². The van der Waals surface area contributed by atoms with Gasteiger partial charge in [-0.3, -0.25) is 0 Å². The van der Waals surface area contributed by atoms with Crippen LogP contribution < -0.4 is 5.32 Å². The summed E-state index contributed by atoms with van der Waals surface area (Å²) < 4.78 is 0. The van der Waals surface area contributed by atoms with Gasteiger partial charge in [0.1, 0.15) is 0 Å². The molecule has 2 aromatic rings. The molecular formula is C17H16ClNO2. The highest BCUT2D eigenvalue weighted by molar-refractivity contribution is 6.30. The molecule has 0 radical (unpaired) electrons. The Morgan fingerprint density at radius 1 is 1.19 bits per heavy atom. The zero-order chi connectivity index (χ0) is 14.8. The van der Waals surface area contributed by atoms with Crippen LogP contribution in [-0.2, 0) is 4.79 Å². The fourth-order valence-electron chi connectivity index (χ4n) is 2.41. The van der Waals surface area contributed by atoms with E-state index < -0.39 is 12.0 Å². The molecule has 108 valence electrons. The van der Waals surface area contributed by atoms with E-state index in [1.165, 1.54) is 18.4 Å². The number of halogens is 1. The minimum absolute atomic E-state index is 0.577. The molecule has 0 aromatic heterocycles. The first-order valence-electron chi connectivity index (χ1n) is 6.98. The van der Waals surface area contributed by atoms with Gasteiger partial charge in [-0.25, -0.2) is 4.79 Å². The molecular weight excluding hydrogens is 286 g/mol. The largest absolute Gasteiger partial charge is 0.479 e. The Hall–Kier alpha value is -2.00. The van der Waals surface area contributed by atoms with Crippen molar-refractivity contribution >= 4 is 23.3 Å². The van der Waals surface area contributed by atoms with Crippen molar-refractivity contribution in [3.8, 4) is 0 Å². The summed E-state index contributed by atoms with van der Waals surface area (Å²) in [6, 6.07) is 14.1. The van der Waals surface area contributed by atoms with Crippen LogP contribution in [0.15, 0.2) is 48.5 Å². The first-order valence-corrected chi connectivity index (χ1v) is 7.36. The predicted octanol–water partition coefficient (Wildman–Crippen LogP) is 4.46. The van der Waals surface area contributed by atoms with Crippen molar-refractivity contribution in [2.45, 2.75) is 24.8 Å². The number of aliphatic carboxylic acids is 1. The number of hydrogen-bond acceptors (Lipinski definition) is 2. The van der Waals surface area contributed by atoms with Crippen molar-refractivity contribution in [1.29, 1.82) is 0 Å². The van der Waals surface area contributed by atoms with Crippen molar-refractivity contribution < 1.29 is 9.90 Å². The quantitative estimate of drug-likeness (QED) is 0.857. The summed E-state index contributed by atoms with van der Waals surface area (Å²) in [4.78, 5) is 11.5. The molecule has 0 spiro atoms. The maximum atomic E-state index is 11.5. The molecule has 0 bridgehead atoms. The van der Waals surface area contributed by atoms with Crippen LogP contribution in [0.1, 0.15) is 35.9 Å². The van der Waals surface area contributed by atoms with Crippen molar-refractivity contribution in [2.24, 2.45) is 0 Å². The molecule has 1 unspecified atom stereocenters. The zero-order valence-corrected chi connectivity index (χ0v) is 12.2. The molecule has 1 saturated carbocycles. The van der Waals surface area contributed by atoms with Crippen LogP contribution in [0.4, 0.5) is 5.69 Å². The predicted molar refractivity (Wildman–Crippen MR) is 83.9 cm³/mol. The van der Waals surface area contributed by atoms with E-state index >= 15 is 0 Å². The fraction of sp³-hybridized carbons (Fsp3) is 0.235. The van der Waals surface area contributed by atoms with Gasteiger partial charge < -0.3 is 10.4 Å². The molecule has 1 aliphatic carbocycles. The molecule has 1 atom stereocenters. The molecule has 3 nitrogen and oxygen atoms in total. The zero-order valence-electron chi connectivity index (χ0n) is 11.4. The number of carboxylic acids is 1. The monoisotopic (exact) mass is 301 g/mol. The molecule has 2 aromatic carbocycles. The highest BCUT2D eigenvalue weighted by atomic mass is 35.5. The number of benzene rings is 2. The van der Waals surface area contributed by atoms with Gasteiger partial charge in [-0.05, 0) is 48.1 Å². The summed E-state index contributed by atoms with van der Waals surface area (Å²) in [7, 11) is 0. The van der Waals surface area contributed by atoms with Crippen LogP contribution in [0.2, 0.25) is 5.02 Å². The van der Waals surface area contributed by atoms with Crippen molar-refractivity contribution in [1.82, 2.24) is 0 Å². The summed E-state index contributed by atoms with van der Waals surface area (Å²) in [5.74, 6) is -0.239. The van der Waals surface area contributed by atoms with Gasteiger partial charge in [-0.15, -0.1) is 0 Å². The molecule has 0 amide bonds. The van der Waals surface area contributed by atoms with E-state index in [9.17, 15) is 9.90 Å². The highest BCUT2D eigenvalue weighted by Gasteiger charge is 2.24. The Morgan fingerprint density at radius 2 is 1.90 bits per heavy atom. The van der Waals surface area contributed by atoms with E-state index in [1.807, 2.05) is 24.3 Å². The Morgan fingerprint density at radius 3 is 2.48 bits per heavy atom. The van der Waals surface area contributed by atoms with Crippen LogP contribution in [0, 0.1) is 0 Å². The summed E-state index contributed by atoms with van der Waals surface area (Å²) in [5.41, 5.74) is 2.73. The van der Waals surface area contributed by atoms with Gasteiger partial charge in [0.05, 0.1) is 0 Å². The molecule has 3 rings (SSSR count). The first-order chi connectivity index (χ1) is 10.1. The topological polar surface area (TPSA) is 49.3 Å². The Labute approximate surface area is 128 Å². The Kier molecular flexibility index (Phi) is 3.84. The lowest BCUT2D eigenvalue weighted by Gasteiger charge is -2.16. The minimum Gasteiger partial charge on any atom is -0.479 e. The van der Waals surface area contributed by atoms with Crippen LogP contribution in [-0.4, -0.2) is 11.1 Å². The highest BCUT2D eigenvalue weighted by Crippen LogP contribution is 2.40. The van der Waals surface area contributed by atoms with Crippen molar-refractivity contribution in [3.05, 3.63) is 64.7 Å². The smallest absolute Gasteiger partial charge is 0.330 e. The lowest BCUT2D eigenvalue weighted by atomic mass is 10.0. The maximum absolute atomic E-state index is 11.5. The van der Waals surface area contributed by atoms with Crippen molar-refractivity contribution in [2.75, 3.05) is 5.32 Å². The van der Waals surface area contributed by atoms with E-state index in [-0.39, 0.29) is 0 Å². The van der Waals surface area contributed by atoms with Crippen LogP contribution in [0.3, 0.4) is 0 Å². The van der Waals surface area contributed by atoms with Crippen LogP contribution in [0.5, 0.6) is 0 Å². The molecule has 0 aliphatic heterocycles. The minimum atomic E-state index is -0.908. The third-order valence-electron chi connectivity index (χ3n) is 3.70. The molecule has 2 N–H and O–H groups in total. The van der Waals surface area contributed by atoms with Gasteiger partial charge in [0.2, 0.25) is 0 Å². The fourth-order valence-corrected chi connectivity index (χ4v) is 2.60. The Balaban J connectivity index is 1.81. The second kappa shape index (κ2) is 5.78. The summed E-state index contributed by atoms with van der Waals surface area (Å²) in [5, 5.41) is 13.0. The Bertz CT molecular complexity index is 650. The molecule has 21 heavy (non-hydrogen) atoms. The first kappa shape index (κ1) is 14.0. The van der Waals surface area contributed by atoms with Gasteiger partial charge in [0, 0.05) is 10.7 Å². The number of carboxylic acid groups (broad SMARTS) is 1. The molecule has 1 fully saturated rings. The normalized spacial score (nSPS) is 15.5. The lowest BCUT2D eigenvalue weighted by Crippen LogP contribution is -2.20. The van der Waals surface area contributed by atoms with E-state index in [1.54, 1.807) is 24.3 Å². The standard InChI is InChI=1S/C17H16ClNO2/c18-14-2-1-3-15(10-14)19-16(17(20)21)13-8-6-12(7-9-13)11-4-5-11/h1-3,6-11,16,19H,4-5H2,(H,20,21). The second-order valence-electron chi connectivity index (χ2n) is 5.37. The molecule has 1 aliphatic rings. The molecule has 4 heteroatoms. The number of carbonyl (C=O) groups is 1. The van der Waals surface area contributed by atoms with Crippen LogP contribution in [0.25, 0.3) is 0 Å². The third-order valence-corrected chi connectivity index (χ3v) is 3.94. The molecule has 0 saturated heterocycles. The van der Waals surface area contributed by atoms with E-state index in [4.69, 9.17) is 11.6 Å². The van der Waals surface area contributed by atoms with E-state index in [0.29, 0.717) is 16.6 Å². The van der Waals surface area contributed by atoms with Crippen molar-refractivity contribution in [3.63, 3.8) is 0 Å². The third kappa shape index (κ3) is 3.37. The van der Waals surface area contributed by atoms with Gasteiger partial charge in [-0.1, -0.05) is 41.9 Å². The summed E-state index contributed by atoms with van der Waals surface area (Å²) in [6.07, 6.45) is 2.48. The lowest BCUT2D eigenvalue weighted by molar-refractivity contribution is -0.138. The van der Waals surface area contributed by atoms with Gasteiger partial charge >= 0.3 is 5.97 Å². The average Bonchev–Trinajstić information content (AvgIpc) is 3.29. The van der Waals surface area contributed by atoms with Gasteiger partial charge in [0.15, 0.2) is 6.04 Å². The number of nitrogens with one attached hydrogen (secondary N) is 1. The number of rotatable bonds is 5.